The van der Waals surface area contributed by atoms with E-state index in [1.807, 2.05) is 6.92 Å². The summed E-state index contributed by atoms with van der Waals surface area (Å²) in [5, 5.41) is 6.66. The number of morpholine rings is 1. The van der Waals surface area contributed by atoms with Gasteiger partial charge in [-0.05, 0) is 34.1 Å². The van der Waals surface area contributed by atoms with E-state index in [0.717, 1.165) is 65.0 Å². The van der Waals surface area contributed by atoms with E-state index in [4.69, 9.17) is 14.5 Å². The van der Waals surface area contributed by atoms with Crippen LogP contribution in [0, 0.1) is 0 Å². The minimum Gasteiger partial charge on any atom is -0.382 e. The Kier molecular flexibility index (Phi) is 10.2. The smallest absolute Gasteiger partial charge is 0.191 e. The van der Waals surface area contributed by atoms with Gasteiger partial charge in [-0.25, -0.2) is 0 Å². The van der Waals surface area contributed by atoms with Gasteiger partial charge in [-0.15, -0.1) is 0 Å². The second kappa shape index (κ2) is 11.7. The molecule has 2 unspecified atom stereocenters. The van der Waals surface area contributed by atoms with Gasteiger partial charge in [0.1, 0.15) is 0 Å². The molecule has 0 aromatic rings. The van der Waals surface area contributed by atoms with Gasteiger partial charge in [0.05, 0.1) is 19.8 Å². The molecule has 1 saturated heterocycles. The Balaban J connectivity index is 2.36. The van der Waals surface area contributed by atoms with Crippen molar-refractivity contribution in [2.24, 2.45) is 4.99 Å². The highest BCUT2D eigenvalue weighted by Gasteiger charge is 2.23. The second-order valence-corrected chi connectivity index (χ2v) is 5.71. The molecule has 0 spiro atoms. The lowest BCUT2D eigenvalue weighted by molar-refractivity contribution is -0.0165. The second-order valence-electron chi connectivity index (χ2n) is 5.71. The standard InChI is InChI=1S/C16H34N4O2/c1-5-17-16(18-8-7-10-21-6-2)19-12-14(3)20-9-11-22-13-15(20)4/h14-15H,5-13H2,1-4H3,(H2,17,18,19). The number of rotatable bonds is 9. The molecule has 6 nitrogen and oxygen atoms in total. The third-order valence-electron chi connectivity index (χ3n) is 3.81. The van der Waals surface area contributed by atoms with Crippen LogP contribution in [0.25, 0.3) is 0 Å². The van der Waals surface area contributed by atoms with Crippen molar-refractivity contribution < 1.29 is 9.47 Å². The number of hydrogen-bond donors (Lipinski definition) is 2. The maximum Gasteiger partial charge on any atom is 0.191 e. The molecule has 1 rings (SSSR count). The first-order valence-corrected chi connectivity index (χ1v) is 8.62. The zero-order valence-electron chi connectivity index (χ0n) is 14.7. The molecule has 1 heterocycles. The summed E-state index contributed by atoms with van der Waals surface area (Å²) in [6, 6.07) is 0.901. The molecule has 1 aliphatic heterocycles. The van der Waals surface area contributed by atoms with Crippen molar-refractivity contribution in [1.82, 2.24) is 15.5 Å². The molecule has 0 aromatic heterocycles. The van der Waals surface area contributed by atoms with Gasteiger partial charge in [0.2, 0.25) is 0 Å². The number of aliphatic imine (C=N–C) groups is 1. The predicted octanol–water partition coefficient (Wildman–Crippen LogP) is 1.08. The molecule has 130 valence electrons. The number of guanidine groups is 1. The van der Waals surface area contributed by atoms with Crippen LogP contribution in [0.4, 0.5) is 0 Å². The zero-order chi connectivity index (χ0) is 16.2. The molecule has 2 N–H and O–H groups in total. The van der Waals surface area contributed by atoms with Crippen molar-refractivity contribution in [3.63, 3.8) is 0 Å². The van der Waals surface area contributed by atoms with Crippen LogP contribution in [0.15, 0.2) is 4.99 Å². The van der Waals surface area contributed by atoms with E-state index in [0.29, 0.717) is 12.1 Å². The summed E-state index contributed by atoms with van der Waals surface area (Å²) in [5.74, 6) is 0.895. The zero-order valence-corrected chi connectivity index (χ0v) is 14.7. The molecular weight excluding hydrogens is 280 g/mol. The Morgan fingerprint density at radius 3 is 2.91 bits per heavy atom. The number of nitrogens with one attached hydrogen (secondary N) is 2. The average molecular weight is 314 g/mol. The van der Waals surface area contributed by atoms with Crippen molar-refractivity contribution in [3.8, 4) is 0 Å². The monoisotopic (exact) mass is 314 g/mol. The summed E-state index contributed by atoms with van der Waals surface area (Å²) in [6.45, 7) is 15.3. The number of ether oxygens (including phenoxy) is 2. The minimum atomic E-state index is 0.429. The van der Waals surface area contributed by atoms with E-state index < -0.39 is 0 Å². The molecular formula is C16H34N4O2. The molecule has 22 heavy (non-hydrogen) atoms. The van der Waals surface area contributed by atoms with E-state index in [-0.39, 0.29) is 0 Å². The van der Waals surface area contributed by atoms with Gasteiger partial charge in [-0.3, -0.25) is 9.89 Å². The topological polar surface area (TPSA) is 58.1 Å². The largest absolute Gasteiger partial charge is 0.382 e. The maximum absolute atomic E-state index is 5.50. The Morgan fingerprint density at radius 2 is 2.23 bits per heavy atom. The van der Waals surface area contributed by atoms with Crippen molar-refractivity contribution in [2.75, 3.05) is 52.6 Å². The van der Waals surface area contributed by atoms with Crippen LogP contribution in [0.2, 0.25) is 0 Å². The van der Waals surface area contributed by atoms with Crippen LogP contribution >= 0.6 is 0 Å². The molecule has 0 aromatic carbocycles. The summed E-state index contributed by atoms with van der Waals surface area (Å²) in [5.41, 5.74) is 0. The van der Waals surface area contributed by atoms with E-state index in [2.05, 4.69) is 36.3 Å². The lowest BCUT2D eigenvalue weighted by Crippen LogP contribution is -2.49. The Bertz CT molecular complexity index is 313. The molecule has 6 heteroatoms. The molecule has 1 aliphatic rings. The molecule has 0 radical (unpaired) electrons. The van der Waals surface area contributed by atoms with Crippen molar-refractivity contribution in [3.05, 3.63) is 0 Å². The lowest BCUT2D eigenvalue weighted by Gasteiger charge is -2.37. The maximum atomic E-state index is 5.50. The van der Waals surface area contributed by atoms with Crippen LogP contribution in [0.1, 0.15) is 34.1 Å². The molecule has 0 aliphatic carbocycles. The quantitative estimate of drug-likeness (QED) is 0.379. The van der Waals surface area contributed by atoms with E-state index >= 15 is 0 Å². The summed E-state index contributed by atoms with van der Waals surface area (Å²) in [7, 11) is 0. The van der Waals surface area contributed by atoms with Gasteiger partial charge < -0.3 is 20.1 Å². The average Bonchev–Trinajstić information content (AvgIpc) is 2.52. The number of nitrogens with zero attached hydrogens (tertiary/aromatic N) is 2. The van der Waals surface area contributed by atoms with Gasteiger partial charge in [0, 0.05) is 44.9 Å². The van der Waals surface area contributed by atoms with Gasteiger partial charge in [0.15, 0.2) is 5.96 Å². The van der Waals surface area contributed by atoms with Gasteiger partial charge in [-0.1, -0.05) is 0 Å². The fourth-order valence-corrected chi connectivity index (χ4v) is 2.59. The highest BCUT2D eigenvalue weighted by molar-refractivity contribution is 5.79. The lowest BCUT2D eigenvalue weighted by atomic mass is 10.2. The summed E-state index contributed by atoms with van der Waals surface area (Å²) in [4.78, 5) is 7.19. The van der Waals surface area contributed by atoms with Crippen LogP contribution in [0.5, 0.6) is 0 Å². The van der Waals surface area contributed by atoms with Gasteiger partial charge >= 0.3 is 0 Å². The summed E-state index contributed by atoms with van der Waals surface area (Å²) < 4.78 is 10.8. The third-order valence-corrected chi connectivity index (χ3v) is 3.81. The van der Waals surface area contributed by atoms with Crippen molar-refractivity contribution in [1.29, 1.82) is 0 Å². The molecule has 2 atom stereocenters. The van der Waals surface area contributed by atoms with Gasteiger partial charge in [0.25, 0.3) is 0 Å². The SMILES string of the molecule is CCNC(=NCC(C)N1CCOCC1C)NCCCOCC. The van der Waals surface area contributed by atoms with E-state index in [1.165, 1.54) is 0 Å². The van der Waals surface area contributed by atoms with Crippen LogP contribution < -0.4 is 10.6 Å². The minimum absolute atomic E-state index is 0.429. The summed E-state index contributed by atoms with van der Waals surface area (Å²) >= 11 is 0. The summed E-state index contributed by atoms with van der Waals surface area (Å²) in [6.07, 6.45) is 0.994. The Morgan fingerprint density at radius 1 is 1.41 bits per heavy atom. The Labute approximate surface area is 135 Å². The first-order chi connectivity index (χ1) is 10.7. The third kappa shape index (κ3) is 7.42. The van der Waals surface area contributed by atoms with E-state index in [9.17, 15) is 0 Å². The van der Waals surface area contributed by atoms with Crippen molar-refractivity contribution >= 4 is 5.96 Å². The molecule has 0 saturated carbocycles. The van der Waals surface area contributed by atoms with Gasteiger partial charge in [-0.2, -0.15) is 0 Å². The first-order valence-electron chi connectivity index (χ1n) is 8.62. The van der Waals surface area contributed by atoms with Crippen molar-refractivity contribution in [2.45, 2.75) is 46.2 Å². The number of hydrogen-bond acceptors (Lipinski definition) is 4. The predicted molar refractivity (Wildman–Crippen MR) is 91.5 cm³/mol. The highest BCUT2D eigenvalue weighted by atomic mass is 16.5. The first kappa shape index (κ1) is 19.2. The highest BCUT2D eigenvalue weighted by Crippen LogP contribution is 2.10. The molecule has 0 bridgehead atoms. The Hall–Kier alpha value is -0.850. The molecule has 1 fully saturated rings. The van der Waals surface area contributed by atoms with Crippen LogP contribution in [0.3, 0.4) is 0 Å². The fourth-order valence-electron chi connectivity index (χ4n) is 2.59. The molecule has 0 amide bonds. The fraction of sp³-hybridized carbons (Fsp3) is 0.938. The normalized spacial score (nSPS) is 21.6. The van der Waals surface area contributed by atoms with Crippen LogP contribution in [-0.4, -0.2) is 75.5 Å². The van der Waals surface area contributed by atoms with E-state index in [1.54, 1.807) is 0 Å². The van der Waals surface area contributed by atoms with Crippen LogP contribution in [-0.2, 0) is 9.47 Å².